The first kappa shape index (κ1) is 15.4. The number of nitrogens with one attached hydrogen (secondary N) is 1. The third-order valence-corrected chi connectivity index (χ3v) is 4.67. The molecule has 1 aliphatic rings. The average molecular weight is 306 g/mol. The van der Waals surface area contributed by atoms with Crippen LogP contribution in [0.2, 0.25) is 0 Å². The quantitative estimate of drug-likeness (QED) is 0.270. The Morgan fingerprint density at radius 1 is 1.09 bits per heavy atom. The van der Waals surface area contributed by atoms with E-state index >= 15 is 0 Å². The van der Waals surface area contributed by atoms with Gasteiger partial charge in [-0.1, -0.05) is 73.0 Å². The Morgan fingerprint density at radius 2 is 1.83 bits per heavy atom. The molecule has 0 aromatic heterocycles. The molecule has 2 aromatic carbocycles. The van der Waals surface area contributed by atoms with Crippen LogP contribution in [0, 0.1) is 11.3 Å². The van der Waals surface area contributed by atoms with Crippen molar-refractivity contribution in [3.05, 3.63) is 59.7 Å². The summed E-state index contributed by atoms with van der Waals surface area (Å²) in [5.41, 5.74) is 4.19. The minimum Gasteiger partial charge on any atom is -0.305 e. The molecular formula is C19H22N4. The molecular weight excluding hydrogens is 284 g/mol. The van der Waals surface area contributed by atoms with Crippen LogP contribution in [-0.2, 0) is 6.42 Å². The Hall–Kier alpha value is -2.49. The van der Waals surface area contributed by atoms with Gasteiger partial charge in [-0.05, 0) is 35.4 Å². The monoisotopic (exact) mass is 306 g/mol. The lowest BCUT2D eigenvalue weighted by Crippen LogP contribution is -2.11. The van der Waals surface area contributed by atoms with Crippen molar-refractivity contribution in [2.45, 2.75) is 32.1 Å². The highest BCUT2D eigenvalue weighted by atomic mass is 15.3. The zero-order valence-electron chi connectivity index (χ0n) is 13.2. The molecule has 0 aliphatic heterocycles. The first-order valence-electron chi connectivity index (χ1n) is 8.16. The van der Waals surface area contributed by atoms with Gasteiger partial charge in [0, 0.05) is 5.56 Å². The molecule has 1 aliphatic carbocycles. The summed E-state index contributed by atoms with van der Waals surface area (Å²) in [7, 11) is 0. The second-order valence-corrected chi connectivity index (χ2v) is 6.14. The van der Waals surface area contributed by atoms with Crippen LogP contribution in [0.15, 0.2) is 58.9 Å². The van der Waals surface area contributed by atoms with Crippen molar-refractivity contribution < 1.29 is 0 Å². The van der Waals surface area contributed by atoms with Gasteiger partial charge < -0.3 is 5.84 Å². The van der Waals surface area contributed by atoms with Gasteiger partial charge in [0.15, 0.2) is 5.84 Å². The Balaban J connectivity index is 1.77. The molecule has 4 nitrogen and oxygen atoms in total. The first-order valence-corrected chi connectivity index (χ1v) is 8.16. The fourth-order valence-electron chi connectivity index (χ4n) is 3.06. The highest BCUT2D eigenvalue weighted by molar-refractivity contribution is 6.02. The third kappa shape index (κ3) is 3.65. The lowest BCUT2D eigenvalue weighted by Gasteiger charge is -2.25. The Bertz CT molecular complexity index is 700. The number of hydrogen-bond donors (Lipinski definition) is 2. The van der Waals surface area contributed by atoms with E-state index in [0.717, 1.165) is 29.0 Å². The molecule has 3 rings (SSSR count). The summed E-state index contributed by atoms with van der Waals surface area (Å²) in [6.45, 7) is 0. The molecule has 118 valence electrons. The van der Waals surface area contributed by atoms with Crippen LogP contribution in [0.25, 0.3) is 11.1 Å². The maximum Gasteiger partial charge on any atom is 0.176 e. The SMILES string of the molecule is N=C(N=NN)c1ccccc1-c1ccc(CCC2CCC2)cc1. The Kier molecular flexibility index (Phi) is 4.81. The number of nitrogens with two attached hydrogens (primary N) is 1. The van der Waals surface area contributed by atoms with Crippen molar-refractivity contribution in [1.29, 1.82) is 5.41 Å². The fourth-order valence-corrected chi connectivity index (χ4v) is 3.06. The molecule has 1 fully saturated rings. The number of amidine groups is 1. The maximum atomic E-state index is 7.96. The standard InChI is InChI=1S/C19H22N4/c20-19(22-23-21)18-7-2-1-6-17(18)16-12-10-15(11-13-16)9-8-14-4-3-5-14/h1-2,6-7,10-14H,3-5,8-9H2,(H3,20,21,22). The van der Waals surface area contributed by atoms with Crippen LogP contribution in [0.4, 0.5) is 0 Å². The van der Waals surface area contributed by atoms with E-state index in [2.05, 4.69) is 34.6 Å². The lowest BCUT2D eigenvalue weighted by molar-refractivity contribution is 0.296. The molecule has 0 atom stereocenters. The third-order valence-electron chi connectivity index (χ3n) is 4.67. The number of nitrogens with zero attached hydrogens (tertiary/aromatic N) is 2. The summed E-state index contributed by atoms with van der Waals surface area (Å²) in [6.07, 6.45) is 6.68. The van der Waals surface area contributed by atoms with E-state index in [-0.39, 0.29) is 5.84 Å². The number of rotatable bonds is 5. The van der Waals surface area contributed by atoms with Crippen LogP contribution >= 0.6 is 0 Å². The van der Waals surface area contributed by atoms with Crippen molar-refractivity contribution in [3.63, 3.8) is 0 Å². The summed E-state index contributed by atoms with van der Waals surface area (Å²) in [6, 6.07) is 16.4. The topological polar surface area (TPSA) is 74.6 Å². The second-order valence-electron chi connectivity index (χ2n) is 6.14. The largest absolute Gasteiger partial charge is 0.305 e. The molecule has 0 unspecified atom stereocenters. The predicted octanol–water partition coefficient (Wildman–Crippen LogP) is 4.74. The van der Waals surface area contributed by atoms with Gasteiger partial charge in [0.2, 0.25) is 0 Å². The van der Waals surface area contributed by atoms with Crippen LogP contribution < -0.4 is 5.84 Å². The van der Waals surface area contributed by atoms with Gasteiger partial charge in [0.25, 0.3) is 0 Å². The maximum absolute atomic E-state index is 7.96. The zero-order chi connectivity index (χ0) is 16.1. The van der Waals surface area contributed by atoms with E-state index in [1.807, 2.05) is 24.3 Å². The van der Waals surface area contributed by atoms with Crippen molar-refractivity contribution in [2.75, 3.05) is 0 Å². The van der Waals surface area contributed by atoms with Crippen molar-refractivity contribution >= 4 is 5.84 Å². The molecule has 3 N–H and O–H groups in total. The lowest BCUT2D eigenvalue weighted by atomic mass is 9.81. The molecule has 23 heavy (non-hydrogen) atoms. The zero-order valence-corrected chi connectivity index (χ0v) is 13.2. The van der Waals surface area contributed by atoms with E-state index in [9.17, 15) is 0 Å². The van der Waals surface area contributed by atoms with Crippen LogP contribution in [0.1, 0.15) is 36.8 Å². The number of benzene rings is 2. The average Bonchev–Trinajstić information content (AvgIpc) is 2.54. The molecule has 0 saturated heterocycles. The van der Waals surface area contributed by atoms with Gasteiger partial charge in [-0.15, -0.1) is 5.11 Å². The second kappa shape index (κ2) is 7.18. The molecule has 2 aromatic rings. The fraction of sp³-hybridized carbons (Fsp3) is 0.316. The molecule has 0 radical (unpaired) electrons. The Morgan fingerprint density at radius 3 is 2.48 bits per heavy atom. The van der Waals surface area contributed by atoms with E-state index in [1.54, 1.807) is 0 Å². The minimum atomic E-state index is 0.0807. The van der Waals surface area contributed by atoms with E-state index in [4.69, 9.17) is 11.3 Å². The van der Waals surface area contributed by atoms with E-state index in [1.165, 1.54) is 31.2 Å². The van der Waals surface area contributed by atoms with Gasteiger partial charge in [0.1, 0.15) is 0 Å². The van der Waals surface area contributed by atoms with Crippen LogP contribution in [0.5, 0.6) is 0 Å². The highest BCUT2D eigenvalue weighted by Gasteiger charge is 2.16. The van der Waals surface area contributed by atoms with Gasteiger partial charge in [-0.3, -0.25) is 5.41 Å². The van der Waals surface area contributed by atoms with Gasteiger partial charge in [-0.25, -0.2) is 0 Å². The molecule has 0 bridgehead atoms. The van der Waals surface area contributed by atoms with Gasteiger partial charge >= 0.3 is 0 Å². The summed E-state index contributed by atoms with van der Waals surface area (Å²) < 4.78 is 0. The number of hydrogen-bond acceptors (Lipinski definition) is 2. The van der Waals surface area contributed by atoms with Crippen molar-refractivity contribution in [2.24, 2.45) is 22.1 Å². The van der Waals surface area contributed by atoms with E-state index in [0.29, 0.717) is 0 Å². The number of aryl methyl sites for hydroxylation is 1. The predicted molar refractivity (Wildman–Crippen MR) is 93.4 cm³/mol. The van der Waals surface area contributed by atoms with Gasteiger partial charge in [0.05, 0.1) is 0 Å². The van der Waals surface area contributed by atoms with Crippen LogP contribution in [-0.4, -0.2) is 5.84 Å². The van der Waals surface area contributed by atoms with Gasteiger partial charge in [-0.2, -0.15) is 0 Å². The molecule has 0 spiro atoms. The first-order chi connectivity index (χ1) is 11.3. The normalized spacial score (nSPS) is 14.8. The van der Waals surface area contributed by atoms with E-state index < -0.39 is 0 Å². The Labute approximate surface area is 136 Å². The smallest absolute Gasteiger partial charge is 0.176 e. The molecule has 4 heteroatoms. The summed E-state index contributed by atoms with van der Waals surface area (Å²) in [5, 5.41) is 14.8. The summed E-state index contributed by atoms with van der Waals surface area (Å²) >= 11 is 0. The van der Waals surface area contributed by atoms with Crippen molar-refractivity contribution in [3.8, 4) is 11.1 Å². The molecule has 1 saturated carbocycles. The summed E-state index contributed by atoms with van der Waals surface area (Å²) in [4.78, 5) is 0. The molecule has 0 amide bonds. The highest BCUT2D eigenvalue weighted by Crippen LogP contribution is 2.31. The van der Waals surface area contributed by atoms with Crippen LogP contribution in [0.3, 0.4) is 0 Å². The minimum absolute atomic E-state index is 0.0807. The van der Waals surface area contributed by atoms with Crippen molar-refractivity contribution in [1.82, 2.24) is 0 Å². The molecule has 0 heterocycles. The summed E-state index contributed by atoms with van der Waals surface area (Å²) in [5.74, 6) is 6.09.